The van der Waals surface area contributed by atoms with Gasteiger partial charge in [0, 0.05) is 19.2 Å². The number of hydrogen-bond acceptors (Lipinski definition) is 4. The Balaban J connectivity index is 2.15. The highest BCUT2D eigenvalue weighted by atomic mass is 32.2. The van der Waals surface area contributed by atoms with Crippen LogP contribution in [-0.2, 0) is 14.8 Å². The zero-order valence-corrected chi connectivity index (χ0v) is 14.3. The Kier molecular flexibility index (Phi) is 5.71. The summed E-state index contributed by atoms with van der Waals surface area (Å²) in [4.78, 5) is 12.3. The molecule has 0 aliphatic carbocycles. The molecule has 0 bridgehead atoms. The van der Waals surface area contributed by atoms with Crippen LogP contribution in [0, 0.1) is 6.92 Å². The molecule has 3 N–H and O–H groups in total. The molecule has 6 nitrogen and oxygen atoms in total. The summed E-state index contributed by atoms with van der Waals surface area (Å²) in [6.07, 6.45) is -0.295. The number of nitrogens with one attached hydrogen (secondary N) is 1. The lowest BCUT2D eigenvalue weighted by molar-refractivity contribution is 0.0827. The Labute approximate surface area is 141 Å². The number of nitrogens with two attached hydrogens (primary N) is 1. The van der Waals surface area contributed by atoms with E-state index in [2.05, 4.69) is 5.32 Å². The third kappa shape index (κ3) is 4.41. The zero-order valence-electron chi connectivity index (χ0n) is 13.5. The Bertz CT molecular complexity index is 820. The van der Waals surface area contributed by atoms with Crippen LogP contribution in [0.2, 0.25) is 0 Å². The molecule has 0 spiro atoms. The molecule has 0 saturated carbocycles. The van der Waals surface area contributed by atoms with E-state index in [9.17, 15) is 13.2 Å². The summed E-state index contributed by atoms with van der Waals surface area (Å²) >= 11 is 0. The van der Waals surface area contributed by atoms with Crippen LogP contribution in [-0.4, -0.2) is 28.0 Å². The molecular formula is C17H20N2O4S. The first-order valence-electron chi connectivity index (χ1n) is 7.32. The van der Waals surface area contributed by atoms with Gasteiger partial charge in [-0.15, -0.1) is 0 Å². The van der Waals surface area contributed by atoms with Gasteiger partial charge >= 0.3 is 0 Å². The lowest BCUT2D eigenvalue weighted by Crippen LogP contribution is -2.30. The van der Waals surface area contributed by atoms with Gasteiger partial charge in [-0.3, -0.25) is 4.79 Å². The van der Waals surface area contributed by atoms with Gasteiger partial charge in [-0.05, 0) is 30.2 Å². The fourth-order valence-electron chi connectivity index (χ4n) is 2.31. The molecule has 2 rings (SSSR count). The van der Waals surface area contributed by atoms with Crippen LogP contribution in [0.25, 0.3) is 0 Å². The van der Waals surface area contributed by atoms with Crippen LogP contribution in [0.3, 0.4) is 0 Å². The van der Waals surface area contributed by atoms with Crippen molar-refractivity contribution in [1.29, 1.82) is 0 Å². The molecule has 0 heterocycles. The molecule has 0 aromatic heterocycles. The quantitative estimate of drug-likeness (QED) is 0.831. The topological polar surface area (TPSA) is 98.5 Å². The van der Waals surface area contributed by atoms with Crippen LogP contribution < -0.4 is 10.5 Å². The predicted octanol–water partition coefficient (Wildman–Crippen LogP) is 1.76. The van der Waals surface area contributed by atoms with E-state index in [1.54, 1.807) is 20.1 Å². The lowest BCUT2D eigenvalue weighted by Gasteiger charge is -2.17. The van der Waals surface area contributed by atoms with Crippen LogP contribution >= 0.6 is 0 Å². The van der Waals surface area contributed by atoms with Gasteiger partial charge < -0.3 is 10.1 Å². The maximum Gasteiger partial charge on any atom is 0.251 e. The highest BCUT2D eigenvalue weighted by Gasteiger charge is 2.17. The van der Waals surface area contributed by atoms with E-state index in [-0.39, 0.29) is 29.0 Å². The fourth-order valence-corrected chi connectivity index (χ4v) is 2.85. The lowest BCUT2D eigenvalue weighted by atomic mass is 10.1. The van der Waals surface area contributed by atoms with Crippen molar-refractivity contribution in [2.75, 3.05) is 13.7 Å². The first kappa shape index (κ1) is 18.1. The van der Waals surface area contributed by atoms with E-state index >= 15 is 0 Å². The maximum absolute atomic E-state index is 12.4. The normalized spacial score (nSPS) is 12.6. The number of benzene rings is 2. The predicted molar refractivity (Wildman–Crippen MR) is 91.1 cm³/mol. The number of carbonyl (C=O) groups excluding carboxylic acids is 1. The van der Waals surface area contributed by atoms with Crippen LogP contribution in [0.5, 0.6) is 0 Å². The average Bonchev–Trinajstić information content (AvgIpc) is 2.55. The number of hydrogen-bond donors (Lipinski definition) is 2. The van der Waals surface area contributed by atoms with Gasteiger partial charge in [-0.25, -0.2) is 13.6 Å². The van der Waals surface area contributed by atoms with Crippen molar-refractivity contribution in [1.82, 2.24) is 5.32 Å². The molecule has 0 saturated heterocycles. The maximum atomic E-state index is 12.4. The van der Waals surface area contributed by atoms with Gasteiger partial charge in [0.15, 0.2) is 0 Å². The molecule has 0 radical (unpaired) electrons. The monoisotopic (exact) mass is 348 g/mol. The summed E-state index contributed by atoms with van der Waals surface area (Å²) in [5.74, 6) is -0.379. The zero-order chi connectivity index (χ0) is 17.7. The first-order chi connectivity index (χ1) is 11.3. The highest BCUT2D eigenvalue weighted by molar-refractivity contribution is 7.89. The summed E-state index contributed by atoms with van der Waals surface area (Å²) in [7, 11) is -2.29. The van der Waals surface area contributed by atoms with Gasteiger partial charge in [0.25, 0.3) is 5.91 Å². The fraction of sp³-hybridized carbons (Fsp3) is 0.235. The van der Waals surface area contributed by atoms with E-state index in [1.807, 2.05) is 30.3 Å². The number of ether oxygens (including phenoxy) is 1. The Hall–Kier alpha value is -2.22. The van der Waals surface area contributed by atoms with E-state index < -0.39 is 10.0 Å². The van der Waals surface area contributed by atoms with Crippen molar-refractivity contribution in [2.45, 2.75) is 17.9 Å². The molecule has 0 aliphatic heterocycles. The highest BCUT2D eigenvalue weighted by Crippen LogP contribution is 2.17. The number of carbonyl (C=O) groups is 1. The molecule has 2 aromatic rings. The summed E-state index contributed by atoms with van der Waals surface area (Å²) in [5.41, 5.74) is 1.87. The van der Waals surface area contributed by atoms with Crippen molar-refractivity contribution >= 4 is 15.9 Å². The molecule has 7 heteroatoms. The van der Waals surface area contributed by atoms with Crippen molar-refractivity contribution < 1.29 is 17.9 Å². The van der Waals surface area contributed by atoms with Crippen LogP contribution in [0.15, 0.2) is 53.4 Å². The number of amides is 1. The average molecular weight is 348 g/mol. The Morgan fingerprint density at radius 2 is 1.88 bits per heavy atom. The number of methoxy groups -OCH3 is 1. The largest absolute Gasteiger partial charge is 0.375 e. The van der Waals surface area contributed by atoms with Gasteiger partial charge in [-0.2, -0.15) is 0 Å². The van der Waals surface area contributed by atoms with Crippen molar-refractivity contribution in [3.8, 4) is 0 Å². The minimum Gasteiger partial charge on any atom is -0.375 e. The number of sulfonamides is 1. The van der Waals surface area contributed by atoms with Crippen molar-refractivity contribution in [2.24, 2.45) is 5.14 Å². The second-order valence-corrected chi connectivity index (χ2v) is 6.93. The summed E-state index contributed by atoms with van der Waals surface area (Å²) in [5, 5.41) is 7.88. The van der Waals surface area contributed by atoms with Crippen molar-refractivity contribution in [3.63, 3.8) is 0 Å². The smallest absolute Gasteiger partial charge is 0.251 e. The molecule has 1 unspecified atom stereocenters. The number of primary sulfonamides is 1. The second-order valence-electron chi connectivity index (χ2n) is 5.37. The van der Waals surface area contributed by atoms with Gasteiger partial charge in [0.05, 0.1) is 11.0 Å². The Morgan fingerprint density at radius 1 is 1.21 bits per heavy atom. The van der Waals surface area contributed by atoms with Gasteiger partial charge in [0.1, 0.15) is 0 Å². The molecule has 0 aliphatic rings. The van der Waals surface area contributed by atoms with Gasteiger partial charge in [-0.1, -0.05) is 36.4 Å². The van der Waals surface area contributed by atoms with E-state index in [4.69, 9.17) is 9.88 Å². The van der Waals surface area contributed by atoms with Gasteiger partial charge in [0.2, 0.25) is 10.0 Å². The number of rotatable bonds is 6. The molecule has 0 fully saturated rings. The van der Waals surface area contributed by atoms with E-state index in [1.165, 1.54) is 12.1 Å². The van der Waals surface area contributed by atoms with E-state index in [0.29, 0.717) is 5.56 Å². The SMILES string of the molecule is COC(CNC(=O)c1cc(S(N)(=O)=O)ccc1C)c1ccccc1. The molecule has 24 heavy (non-hydrogen) atoms. The summed E-state index contributed by atoms with van der Waals surface area (Å²) < 4.78 is 28.3. The minimum atomic E-state index is -3.86. The summed E-state index contributed by atoms with van der Waals surface area (Å²) in [6, 6.07) is 13.7. The molecule has 1 atom stereocenters. The first-order valence-corrected chi connectivity index (χ1v) is 8.87. The third-order valence-corrected chi connectivity index (χ3v) is 4.60. The van der Waals surface area contributed by atoms with Crippen molar-refractivity contribution in [3.05, 3.63) is 65.2 Å². The van der Waals surface area contributed by atoms with E-state index in [0.717, 1.165) is 5.56 Å². The molecule has 1 amide bonds. The third-order valence-electron chi connectivity index (χ3n) is 3.69. The molecule has 128 valence electrons. The minimum absolute atomic E-state index is 0.0930. The molecule has 2 aromatic carbocycles. The Morgan fingerprint density at radius 3 is 2.46 bits per heavy atom. The van der Waals surface area contributed by atoms with Crippen LogP contribution in [0.4, 0.5) is 0 Å². The number of aryl methyl sites for hydroxylation is 1. The summed E-state index contributed by atoms with van der Waals surface area (Å²) in [6.45, 7) is 1.99. The van der Waals surface area contributed by atoms with Crippen LogP contribution in [0.1, 0.15) is 27.6 Å². The second kappa shape index (κ2) is 7.57. The molecular weight excluding hydrogens is 328 g/mol. The standard InChI is InChI=1S/C17H20N2O4S/c1-12-8-9-14(24(18,21)22)10-15(12)17(20)19-11-16(23-2)13-6-4-3-5-7-13/h3-10,16H,11H2,1-2H3,(H,19,20)(H2,18,21,22).